The normalized spacial score (nSPS) is 12.1. The molecule has 126 valence electrons. The lowest BCUT2D eigenvalue weighted by Gasteiger charge is -2.25. The molecule has 0 aliphatic rings. The number of aryl methyl sites for hydroxylation is 1. The molecule has 4 nitrogen and oxygen atoms in total. The summed E-state index contributed by atoms with van der Waals surface area (Å²) in [6.45, 7) is 12.8. The molecule has 4 heteroatoms. The van der Waals surface area contributed by atoms with Gasteiger partial charge in [0.25, 0.3) is 0 Å². The van der Waals surface area contributed by atoms with Crippen LogP contribution in [0, 0.1) is 6.92 Å². The Balaban J connectivity index is 0.00000211. The molecule has 1 aromatic carbocycles. The molecule has 0 heterocycles. The second-order valence-corrected chi connectivity index (χ2v) is 5.91. The molecular weight excluding hydrogens is 276 g/mol. The number of nitrogens with two attached hydrogens (primary N) is 1. The maximum Gasteiger partial charge on any atom is 0.224 e. The predicted octanol–water partition coefficient (Wildman–Crippen LogP) is 2.82. The summed E-state index contributed by atoms with van der Waals surface area (Å²) in [5, 5.41) is 2.93. The maximum atomic E-state index is 11.9. The highest BCUT2D eigenvalue weighted by Gasteiger charge is 2.17. The number of carbonyl (C=O) groups excluding carboxylic acids is 1. The quantitative estimate of drug-likeness (QED) is 0.814. The highest BCUT2D eigenvalue weighted by molar-refractivity contribution is 5.78. The van der Waals surface area contributed by atoms with Crippen molar-refractivity contribution in [2.75, 3.05) is 13.2 Å². The van der Waals surface area contributed by atoms with Crippen LogP contribution in [0.1, 0.15) is 45.7 Å². The Morgan fingerprint density at radius 1 is 1.27 bits per heavy atom. The third-order valence-corrected chi connectivity index (χ3v) is 3.11. The summed E-state index contributed by atoms with van der Waals surface area (Å²) in [7, 11) is 0. The van der Waals surface area contributed by atoms with Gasteiger partial charge < -0.3 is 15.8 Å². The van der Waals surface area contributed by atoms with Gasteiger partial charge in [0.2, 0.25) is 5.91 Å². The second kappa shape index (κ2) is 10.4. The predicted molar refractivity (Wildman–Crippen MR) is 92.9 cm³/mol. The molecular formula is C18H32N2O2. The van der Waals surface area contributed by atoms with E-state index in [1.807, 2.05) is 65.8 Å². The van der Waals surface area contributed by atoms with Crippen LogP contribution in [0.5, 0.6) is 0 Å². The maximum absolute atomic E-state index is 11.9. The van der Waals surface area contributed by atoms with Gasteiger partial charge in [0, 0.05) is 12.6 Å². The van der Waals surface area contributed by atoms with E-state index in [1.54, 1.807) is 0 Å². The Morgan fingerprint density at radius 2 is 1.82 bits per heavy atom. The molecule has 0 fully saturated rings. The van der Waals surface area contributed by atoms with E-state index in [1.165, 1.54) is 5.56 Å². The number of hydrogen-bond donors (Lipinski definition) is 2. The summed E-state index contributed by atoms with van der Waals surface area (Å²) < 4.78 is 5.67. The monoisotopic (exact) mass is 308 g/mol. The SMILES string of the molecule is CC.Cc1ccc(CC(=O)NC(C)COC(C)(C)CN)cc1. The lowest BCUT2D eigenvalue weighted by molar-refractivity contribution is -0.122. The van der Waals surface area contributed by atoms with Gasteiger partial charge in [0.1, 0.15) is 0 Å². The highest BCUT2D eigenvalue weighted by atomic mass is 16.5. The number of hydrogen-bond acceptors (Lipinski definition) is 3. The minimum atomic E-state index is -0.351. The van der Waals surface area contributed by atoms with Gasteiger partial charge in [-0.15, -0.1) is 0 Å². The Bertz CT molecular complexity index is 427. The van der Waals surface area contributed by atoms with Crippen molar-refractivity contribution in [3.63, 3.8) is 0 Å². The van der Waals surface area contributed by atoms with Crippen LogP contribution in [0.25, 0.3) is 0 Å². The van der Waals surface area contributed by atoms with Crippen molar-refractivity contribution >= 4 is 5.91 Å². The molecule has 0 aromatic heterocycles. The third kappa shape index (κ3) is 8.80. The van der Waals surface area contributed by atoms with Gasteiger partial charge in [-0.05, 0) is 33.3 Å². The van der Waals surface area contributed by atoms with E-state index in [2.05, 4.69) is 5.32 Å². The van der Waals surface area contributed by atoms with Crippen LogP contribution >= 0.6 is 0 Å². The van der Waals surface area contributed by atoms with Crippen molar-refractivity contribution in [1.82, 2.24) is 5.32 Å². The van der Waals surface area contributed by atoms with E-state index in [0.29, 0.717) is 19.6 Å². The summed E-state index contributed by atoms with van der Waals surface area (Å²) in [6, 6.07) is 7.96. The largest absolute Gasteiger partial charge is 0.372 e. The van der Waals surface area contributed by atoms with E-state index in [0.717, 1.165) is 5.56 Å². The molecule has 0 aliphatic carbocycles. The fourth-order valence-corrected chi connectivity index (χ4v) is 1.67. The van der Waals surface area contributed by atoms with E-state index < -0.39 is 0 Å². The van der Waals surface area contributed by atoms with Gasteiger partial charge in [-0.2, -0.15) is 0 Å². The van der Waals surface area contributed by atoms with Gasteiger partial charge >= 0.3 is 0 Å². The number of carbonyl (C=O) groups is 1. The Kier molecular flexibility index (Phi) is 9.70. The molecule has 1 aromatic rings. The molecule has 1 amide bonds. The number of ether oxygens (including phenoxy) is 1. The van der Waals surface area contributed by atoms with Crippen LogP contribution in [-0.2, 0) is 16.0 Å². The van der Waals surface area contributed by atoms with Crippen molar-refractivity contribution in [1.29, 1.82) is 0 Å². The van der Waals surface area contributed by atoms with Crippen LogP contribution in [0.2, 0.25) is 0 Å². The minimum absolute atomic E-state index is 0.00973. The van der Waals surface area contributed by atoms with Crippen LogP contribution in [-0.4, -0.2) is 30.7 Å². The first-order valence-electron chi connectivity index (χ1n) is 8.01. The van der Waals surface area contributed by atoms with Crippen molar-refractivity contribution in [2.24, 2.45) is 5.73 Å². The third-order valence-electron chi connectivity index (χ3n) is 3.11. The van der Waals surface area contributed by atoms with Crippen LogP contribution in [0.4, 0.5) is 0 Å². The number of amides is 1. The van der Waals surface area contributed by atoms with Crippen LogP contribution in [0.3, 0.4) is 0 Å². The minimum Gasteiger partial charge on any atom is -0.372 e. The standard InChI is InChI=1S/C16H26N2O2.C2H6/c1-12-5-7-14(8-6-12)9-15(19)18-13(2)10-20-16(3,4)11-17;1-2/h5-8,13H,9-11,17H2,1-4H3,(H,18,19);1-2H3. The summed E-state index contributed by atoms with van der Waals surface area (Å²) in [6.07, 6.45) is 0.394. The first-order valence-corrected chi connectivity index (χ1v) is 8.01. The fraction of sp³-hybridized carbons (Fsp3) is 0.611. The average molecular weight is 308 g/mol. The lowest BCUT2D eigenvalue weighted by Crippen LogP contribution is -2.42. The lowest BCUT2D eigenvalue weighted by atomic mass is 10.1. The fourth-order valence-electron chi connectivity index (χ4n) is 1.67. The zero-order valence-electron chi connectivity index (χ0n) is 14.9. The zero-order valence-corrected chi connectivity index (χ0v) is 14.9. The van der Waals surface area contributed by atoms with Crippen LogP contribution in [0.15, 0.2) is 24.3 Å². The van der Waals surface area contributed by atoms with E-state index in [9.17, 15) is 4.79 Å². The summed E-state index contributed by atoms with van der Waals surface area (Å²) in [4.78, 5) is 11.9. The molecule has 0 radical (unpaired) electrons. The molecule has 0 bridgehead atoms. The molecule has 0 saturated carbocycles. The number of benzene rings is 1. The summed E-state index contributed by atoms with van der Waals surface area (Å²) >= 11 is 0. The van der Waals surface area contributed by atoms with Crippen molar-refractivity contribution in [2.45, 2.75) is 59.6 Å². The topological polar surface area (TPSA) is 64.3 Å². The number of rotatable bonds is 7. The molecule has 1 atom stereocenters. The van der Waals surface area contributed by atoms with Gasteiger partial charge in [0.15, 0.2) is 0 Å². The first kappa shape index (κ1) is 20.6. The first-order chi connectivity index (χ1) is 10.3. The van der Waals surface area contributed by atoms with Gasteiger partial charge in [-0.1, -0.05) is 43.7 Å². The van der Waals surface area contributed by atoms with Gasteiger partial charge in [-0.3, -0.25) is 4.79 Å². The van der Waals surface area contributed by atoms with Crippen molar-refractivity contribution in [3.05, 3.63) is 35.4 Å². The molecule has 0 saturated heterocycles. The Hall–Kier alpha value is -1.39. The van der Waals surface area contributed by atoms with E-state index in [4.69, 9.17) is 10.5 Å². The van der Waals surface area contributed by atoms with E-state index >= 15 is 0 Å². The van der Waals surface area contributed by atoms with Crippen LogP contribution < -0.4 is 11.1 Å². The molecule has 0 spiro atoms. The molecule has 0 aliphatic heterocycles. The van der Waals surface area contributed by atoms with Crippen molar-refractivity contribution < 1.29 is 9.53 Å². The van der Waals surface area contributed by atoms with E-state index in [-0.39, 0.29) is 17.6 Å². The summed E-state index contributed by atoms with van der Waals surface area (Å²) in [5.74, 6) is 0.00973. The van der Waals surface area contributed by atoms with Gasteiger partial charge in [0.05, 0.1) is 18.6 Å². The molecule has 1 unspecified atom stereocenters. The average Bonchev–Trinajstić information content (AvgIpc) is 2.50. The smallest absolute Gasteiger partial charge is 0.224 e. The highest BCUT2D eigenvalue weighted by Crippen LogP contribution is 2.07. The van der Waals surface area contributed by atoms with Crippen molar-refractivity contribution in [3.8, 4) is 0 Å². The van der Waals surface area contributed by atoms with Gasteiger partial charge in [-0.25, -0.2) is 0 Å². The summed E-state index contributed by atoms with van der Waals surface area (Å²) in [5.41, 5.74) is 7.46. The Morgan fingerprint density at radius 3 is 2.32 bits per heavy atom. The Labute approximate surface area is 135 Å². The number of nitrogens with one attached hydrogen (secondary N) is 1. The zero-order chi connectivity index (χ0) is 17.2. The molecule has 22 heavy (non-hydrogen) atoms. The molecule has 1 rings (SSSR count). The molecule has 3 N–H and O–H groups in total. The second-order valence-electron chi connectivity index (χ2n) is 5.91.